The first-order valence-electron chi connectivity index (χ1n) is 6.39. The molecular weight excluding hydrogens is 311 g/mol. The number of hydrogen-bond acceptors (Lipinski definition) is 2. The molecule has 2 rings (SSSR count). The maximum Gasteiger partial charge on any atom is 0.171 e. The van der Waals surface area contributed by atoms with Crippen molar-refractivity contribution in [1.29, 1.82) is 0 Å². The van der Waals surface area contributed by atoms with E-state index in [0.717, 1.165) is 11.3 Å². The summed E-state index contributed by atoms with van der Waals surface area (Å²) in [5.74, 6) is -0.458. The quantitative estimate of drug-likeness (QED) is 0.846. The van der Waals surface area contributed by atoms with Crippen LogP contribution in [-0.4, -0.2) is 14.9 Å². The molecule has 1 heterocycles. The molecule has 0 amide bonds. The van der Waals surface area contributed by atoms with Crippen LogP contribution in [0.5, 0.6) is 0 Å². The number of thiocarbonyl (C=S) groups is 1. The summed E-state index contributed by atoms with van der Waals surface area (Å²) < 4.78 is 14.9. The van der Waals surface area contributed by atoms with Crippen LogP contribution in [0, 0.1) is 12.7 Å². The number of halogens is 2. The number of rotatable bonds is 3. The predicted molar refractivity (Wildman–Crippen MR) is 87.1 cm³/mol. The normalized spacial score (nSPS) is 12.0. The van der Waals surface area contributed by atoms with Gasteiger partial charge in [0.1, 0.15) is 5.82 Å². The van der Waals surface area contributed by atoms with E-state index in [9.17, 15) is 4.39 Å². The Morgan fingerprint density at radius 2 is 2.19 bits per heavy atom. The van der Waals surface area contributed by atoms with Crippen molar-refractivity contribution in [2.75, 3.05) is 5.32 Å². The molecule has 0 spiro atoms. The zero-order chi connectivity index (χ0) is 15.6. The lowest BCUT2D eigenvalue weighted by atomic mass is 10.1. The van der Waals surface area contributed by atoms with Crippen molar-refractivity contribution < 1.29 is 4.39 Å². The van der Waals surface area contributed by atoms with Gasteiger partial charge in [0, 0.05) is 24.5 Å². The second-order valence-electron chi connectivity index (χ2n) is 4.79. The number of hydrogen-bond donors (Lipinski definition) is 2. The van der Waals surface area contributed by atoms with Crippen molar-refractivity contribution >= 4 is 34.6 Å². The van der Waals surface area contributed by atoms with Gasteiger partial charge in [-0.25, -0.2) is 4.39 Å². The third-order valence-electron chi connectivity index (χ3n) is 3.04. The molecule has 0 bridgehead atoms. The van der Waals surface area contributed by atoms with Gasteiger partial charge in [-0.2, -0.15) is 5.10 Å². The van der Waals surface area contributed by atoms with E-state index in [1.165, 1.54) is 12.1 Å². The topological polar surface area (TPSA) is 41.9 Å². The molecule has 1 aromatic carbocycles. The van der Waals surface area contributed by atoms with E-state index < -0.39 is 5.82 Å². The lowest BCUT2D eigenvalue weighted by Crippen LogP contribution is -2.31. The Morgan fingerprint density at radius 3 is 2.76 bits per heavy atom. The van der Waals surface area contributed by atoms with Gasteiger partial charge >= 0.3 is 0 Å². The zero-order valence-corrected chi connectivity index (χ0v) is 13.5. The van der Waals surface area contributed by atoms with Crippen molar-refractivity contribution in [3.63, 3.8) is 0 Å². The van der Waals surface area contributed by atoms with Crippen LogP contribution in [0.15, 0.2) is 24.4 Å². The minimum Gasteiger partial charge on any atom is -0.356 e. The molecule has 1 unspecified atom stereocenters. The summed E-state index contributed by atoms with van der Waals surface area (Å²) in [6.07, 6.45) is 1.95. The summed E-state index contributed by atoms with van der Waals surface area (Å²) in [5, 5.41) is 10.9. The first-order valence-corrected chi connectivity index (χ1v) is 7.18. The number of benzene rings is 1. The molecule has 0 fully saturated rings. The molecule has 4 nitrogen and oxygen atoms in total. The summed E-state index contributed by atoms with van der Waals surface area (Å²) in [5.41, 5.74) is 2.65. The zero-order valence-electron chi connectivity index (χ0n) is 11.9. The van der Waals surface area contributed by atoms with Gasteiger partial charge < -0.3 is 10.6 Å². The Balaban J connectivity index is 2.01. The van der Waals surface area contributed by atoms with Crippen LogP contribution >= 0.6 is 23.8 Å². The van der Waals surface area contributed by atoms with Crippen LogP contribution in [0.25, 0.3) is 0 Å². The molecule has 0 aliphatic heterocycles. The van der Waals surface area contributed by atoms with Crippen LogP contribution in [0.1, 0.15) is 24.2 Å². The third-order valence-corrected chi connectivity index (χ3v) is 3.55. The summed E-state index contributed by atoms with van der Waals surface area (Å²) in [4.78, 5) is 0. The predicted octanol–water partition coefficient (Wildman–Crippen LogP) is 3.57. The van der Waals surface area contributed by atoms with Crippen molar-refractivity contribution in [2.45, 2.75) is 19.9 Å². The third kappa shape index (κ3) is 3.92. The molecule has 112 valence electrons. The first-order chi connectivity index (χ1) is 9.86. The van der Waals surface area contributed by atoms with Gasteiger partial charge in [0.05, 0.1) is 16.8 Å². The van der Waals surface area contributed by atoms with Crippen LogP contribution in [-0.2, 0) is 7.05 Å². The van der Waals surface area contributed by atoms with E-state index in [1.54, 1.807) is 10.7 Å². The van der Waals surface area contributed by atoms with E-state index in [0.29, 0.717) is 10.8 Å². The molecule has 2 aromatic rings. The smallest absolute Gasteiger partial charge is 0.171 e. The molecule has 0 saturated carbocycles. The minimum atomic E-state index is -0.458. The number of nitrogens with zero attached hydrogens (tertiary/aromatic N) is 2. The fraction of sp³-hybridized carbons (Fsp3) is 0.286. The molecule has 0 aliphatic rings. The van der Waals surface area contributed by atoms with Gasteiger partial charge in [-0.05, 0) is 44.3 Å². The minimum absolute atomic E-state index is 0.00891. The lowest BCUT2D eigenvalue weighted by Gasteiger charge is -2.16. The maximum absolute atomic E-state index is 13.1. The van der Waals surface area contributed by atoms with E-state index >= 15 is 0 Å². The number of aryl methyl sites for hydroxylation is 2. The largest absolute Gasteiger partial charge is 0.356 e. The second kappa shape index (κ2) is 6.41. The van der Waals surface area contributed by atoms with Crippen molar-refractivity contribution in [2.24, 2.45) is 7.05 Å². The summed E-state index contributed by atoms with van der Waals surface area (Å²) >= 11 is 11.0. The molecule has 21 heavy (non-hydrogen) atoms. The number of nitrogens with one attached hydrogen (secondary N) is 2. The number of anilines is 1. The van der Waals surface area contributed by atoms with Gasteiger partial charge in [-0.3, -0.25) is 4.68 Å². The Kier molecular flexibility index (Phi) is 4.80. The Labute approximate surface area is 133 Å². The van der Waals surface area contributed by atoms with Crippen LogP contribution < -0.4 is 10.6 Å². The van der Waals surface area contributed by atoms with Gasteiger partial charge in [0.15, 0.2) is 5.11 Å². The molecule has 0 saturated heterocycles. The average molecular weight is 327 g/mol. The SMILES string of the molecule is Cc1nn(C)cc1C(C)NC(=S)Nc1ccc(F)c(Cl)c1. The molecule has 7 heteroatoms. The molecule has 1 atom stereocenters. The molecule has 1 aromatic heterocycles. The summed E-state index contributed by atoms with van der Waals surface area (Å²) in [6.45, 7) is 3.94. The summed E-state index contributed by atoms with van der Waals surface area (Å²) in [7, 11) is 1.88. The molecule has 0 aliphatic carbocycles. The standard InChI is InChI=1S/C14H16ClFN4S/c1-8(11-7-20(3)19-9(11)2)17-14(21)18-10-4-5-13(16)12(15)6-10/h4-8H,1-3H3,(H2,17,18,21). The maximum atomic E-state index is 13.1. The van der Waals surface area contributed by atoms with Crippen LogP contribution in [0.2, 0.25) is 5.02 Å². The number of aromatic nitrogens is 2. The highest BCUT2D eigenvalue weighted by atomic mass is 35.5. The highest BCUT2D eigenvalue weighted by molar-refractivity contribution is 7.80. The van der Waals surface area contributed by atoms with Crippen molar-refractivity contribution in [3.8, 4) is 0 Å². The van der Waals surface area contributed by atoms with Crippen LogP contribution in [0.4, 0.5) is 10.1 Å². The van der Waals surface area contributed by atoms with Gasteiger partial charge in [-0.15, -0.1) is 0 Å². The van der Waals surface area contributed by atoms with Gasteiger partial charge in [0.2, 0.25) is 0 Å². The fourth-order valence-electron chi connectivity index (χ4n) is 2.06. The highest BCUT2D eigenvalue weighted by Gasteiger charge is 2.13. The molecule has 0 radical (unpaired) electrons. The molecular formula is C14H16ClFN4S. The van der Waals surface area contributed by atoms with E-state index in [-0.39, 0.29) is 11.1 Å². The van der Waals surface area contributed by atoms with E-state index in [2.05, 4.69) is 15.7 Å². The van der Waals surface area contributed by atoms with Gasteiger partial charge in [-0.1, -0.05) is 11.6 Å². The van der Waals surface area contributed by atoms with Crippen molar-refractivity contribution in [1.82, 2.24) is 15.1 Å². The molecule has 2 N–H and O–H groups in total. The van der Waals surface area contributed by atoms with Crippen molar-refractivity contribution in [3.05, 3.63) is 46.5 Å². The Hall–Kier alpha value is -1.66. The fourth-order valence-corrected chi connectivity index (χ4v) is 2.53. The van der Waals surface area contributed by atoms with Gasteiger partial charge in [0.25, 0.3) is 0 Å². The average Bonchev–Trinajstić information content (AvgIpc) is 2.73. The van der Waals surface area contributed by atoms with Crippen LogP contribution in [0.3, 0.4) is 0 Å². The second-order valence-corrected chi connectivity index (χ2v) is 5.61. The summed E-state index contributed by atoms with van der Waals surface area (Å²) in [6, 6.07) is 4.37. The van der Waals surface area contributed by atoms with E-state index in [1.807, 2.05) is 27.1 Å². The lowest BCUT2D eigenvalue weighted by molar-refractivity contribution is 0.628. The monoisotopic (exact) mass is 326 g/mol. The highest BCUT2D eigenvalue weighted by Crippen LogP contribution is 2.20. The Morgan fingerprint density at radius 1 is 1.48 bits per heavy atom. The first kappa shape index (κ1) is 15.7. The Bertz CT molecular complexity index is 671. The van der Waals surface area contributed by atoms with E-state index in [4.69, 9.17) is 23.8 Å².